The molecule has 1 aromatic heterocycles. The van der Waals surface area contributed by atoms with Gasteiger partial charge in [0.15, 0.2) is 5.69 Å². The van der Waals surface area contributed by atoms with E-state index in [-0.39, 0.29) is 11.9 Å². The summed E-state index contributed by atoms with van der Waals surface area (Å²) in [5.74, 6) is -0.146. The summed E-state index contributed by atoms with van der Waals surface area (Å²) in [6.07, 6.45) is 0. The van der Waals surface area contributed by atoms with Crippen molar-refractivity contribution >= 4 is 5.91 Å². The molecule has 29 heavy (non-hydrogen) atoms. The van der Waals surface area contributed by atoms with Gasteiger partial charge >= 0.3 is 0 Å². The molecule has 0 aliphatic heterocycles. The van der Waals surface area contributed by atoms with Gasteiger partial charge in [0.1, 0.15) is 0 Å². The number of carbonyl (C=O) groups is 1. The predicted molar refractivity (Wildman–Crippen MR) is 118 cm³/mol. The highest BCUT2D eigenvalue weighted by Gasteiger charge is 2.20. The zero-order chi connectivity index (χ0) is 20.8. The molecule has 5 nitrogen and oxygen atoms in total. The van der Waals surface area contributed by atoms with Gasteiger partial charge in [-0.25, -0.2) is 0 Å². The monoisotopic (exact) mass is 390 g/mol. The molecule has 3 rings (SSSR count). The standard InChI is InChI=1S/C24H30N4O/c1-5-28(6-2)23(19-10-8-7-9-11-19)17-25-24(29)21-16-22(27(4)26-21)20-14-12-18(3)13-15-20/h7-16,23H,5-6,17H2,1-4H3,(H,25,29). The Kier molecular flexibility index (Phi) is 6.83. The maximum atomic E-state index is 12.8. The number of carbonyl (C=O) groups excluding carboxylic acids is 1. The molecular formula is C24H30N4O. The van der Waals surface area contributed by atoms with E-state index in [0.717, 1.165) is 24.3 Å². The van der Waals surface area contributed by atoms with Crippen LogP contribution in [0, 0.1) is 6.92 Å². The minimum atomic E-state index is -0.146. The number of likely N-dealkylation sites (N-methyl/N-ethyl adjacent to an activating group) is 1. The Morgan fingerprint density at radius 2 is 1.72 bits per heavy atom. The van der Waals surface area contributed by atoms with Crippen molar-refractivity contribution in [2.75, 3.05) is 19.6 Å². The molecule has 0 saturated carbocycles. The largest absolute Gasteiger partial charge is 0.349 e. The fraction of sp³-hybridized carbons (Fsp3) is 0.333. The lowest BCUT2D eigenvalue weighted by Gasteiger charge is -2.30. The summed E-state index contributed by atoms with van der Waals surface area (Å²) in [6, 6.07) is 20.6. The Morgan fingerprint density at radius 1 is 1.07 bits per heavy atom. The lowest BCUT2D eigenvalue weighted by atomic mass is 10.0. The van der Waals surface area contributed by atoms with E-state index in [4.69, 9.17) is 0 Å². The van der Waals surface area contributed by atoms with Crippen molar-refractivity contribution in [2.24, 2.45) is 7.05 Å². The molecule has 0 aliphatic rings. The average Bonchev–Trinajstić information content (AvgIpc) is 3.14. The van der Waals surface area contributed by atoms with Crippen LogP contribution in [0.25, 0.3) is 11.3 Å². The third-order valence-electron chi connectivity index (χ3n) is 5.35. The maximum Gasteiger partial charge on any atom is 0.271 e. The van der Waals surface area contributed by atoms with Crippen LogP contribution < -0.4 is 5.32 Å². The lowest BCUT2D eigenvalue weighted by molar-refractivity contribution is 0.0929. The molecule has 0 saturated heterocycles. The van der Waals surface area contributed by atoms with Crippen molar-refractivity contribution in [1.82, 2.24) is 20.0 Å². The second-order valence-electron chi connectivity index (χ2n) is 7.26. The minimum absolute atomic E-state index is 0.135. The van der Waals surface area contributed by atoms with E-state index in [1.54, 1.807) is 4.68 Å². The summed E-state index contributed by atoms with van der Waals surface area (Å²) in [4.78, 5) is 15.2. The van der Waals surface area contributed by atoms with Gasteiger partial charge in [0.2, 0.25) is 0 Å². The van der Waals surface area contributed by atoms with Crippen LogP contribution in [0.5, 0.6) is 0 Å². The zero-order valence-corrected chi connectivity index (χ0v) is 17.7. The van der Waals surface area contributed by atoms with E-state index in [0.29, 0.717) is 12.2 Å². The zero-order valence-electron chi connectivity index (χ0n) is 17.7. The van der Waals surface area contributed by atoms with Gasteiger partial charge in [-0.15, -0.1) is 0 Å². The molecule has 0 aliphatic carbocycles. The van der Waals surface area contributed by atoms with Crippen LogP contribution in [0.2, 0.25) is 0 Å². The molecule has 1 unspecified atom stereocenters. The Balaban J connectivity index is 1.75. The molecule has 0 bridgehead atoms. The van der Waals surface area contributed by atoms with Crippen LogP contribution in [-0.2, 0) is 7.05 Å². The van der Waals surface area contributed by atoms with E-state index in [1.165, 1.54) is 11.1 Å². The van der Waals surface area contributed by atoms with E-state index in [1.807, 2.05) is 31.3 Å². The number of nitrogens with one attached hydrogen (secondary N) is 1. The van der Waals surface area contributed by atoms with Crippen molar-refractivity contribution in [3.05, 3.63) is 77.5 Å². The predicted octanol–water partition coefficient (Wildman–Crippen LogP) is 4.21. The van der Waals surface area contributed by atoms with Gasteiger partial charge < -0.3 is 5.32 Å². The van der Waals surface area contributed by atoms with Crippen LogP contribution in [0.3, 0.4) is 0 Å². The topological polar surface area (TPSA) is 50.2 Å². The molecule has 0 radical (unpaired) electrons. The normalized spacial score (nSPS) is 12.2. The SMILES string of the molecule is CCN(CC)C(CNC(=O)c1cc(-c2ccc(C)cc2)n(C)n1)c1ccccc1. The van der Waals surface area contributed by atoms with Gasteiger partial charge in [-0.05, 0) is 37.2 Å². The van der Waals surface area contributed by atoms with Crippen LogP contribution in [0.1, 0.15) is 41.5 Å². The van der Waals surface area contributed by atoms with E-state index in [2.05, 4.69) is 72.5 Å². The number of hydrogen-bond donors (Lipinski definition) is 1. The summed E-state index contributed by atoms with van der Waals surface area (Å²) in [6.45, 7) is 8.74. The van der Waals surface area contributed by atoms with Gasteiger partial charge in [-0.2, -0.15) is 5.10 Å². The first-order chi connectivity index (χ1) is 14.0. The van der Waals surface area contributed by atoms with E-state index >= 15 is 0 Å². The third-order valence-corrected chi connectivity index (χ3v) is 5.35. The fourth-order valence-corrected chi connectivity index (χ4v) is 3.65. The van der Waals surface area contributed by atoms with Crippen LogP contribution in [0.15, 0.2) is 60.7 Å². The smallest absolute Gasteiger partial charge is 0.271 e. The van der Waals surface area contributed by atoms with Crippen LogP contribution in [-0.4, -0.2) is 40.2 Å². The van der Waals surface area contributed by atoms with Crippen molar-refractivity contribution < 1.29 is 4.79 Å². The number of nitrogens with zero attached hydrogens (tertiary/aromatic N) is 3. The molecule has 1 heterocycles. The molecule has 2 aromatic carbocycles. The van der Waals surface area contributed by atoms with Crippen molar-refractivity contribution in [3.8, 4) is 11.3 Å². The van der Waals surface area contributed by atoms with Crippen molar-refractivity contribution in [2.45, 2.75) is 26.8 Å². The first kappa shape index (κ1) is 20.8. The Labute approximate surface area is 173 Å². The van der Waals surface area contributed by atoms with Gasteiger partial charge in [0.25, 0.3) is 5.91 Å². The summed E-state index contributed by atoms with van der Waals surface area (Å²) < 4.78 is 1.76. The fourth-order valence-electron chi connectivity index (χ4n) is 3.65. The minimum Gasteiger partial charge on any atom is -0.349 e. The first-order valence-electron chi connectivity index (χ1n) is 10.2. The van der Waals surface area contributed by atoms with Gasteiger partial charge in [0, 0.05) is 13.6 Å². The molecule has 5 heteroatoms. The first-order valence-corrected chi connectivity index (χ1v) is 10.2. The summed E-state index contributed by atoms with van der Waals surface area (Å²) in [7, 11) is 1.87. The van der Waals surface area contributed by atoms with Gasteiger partial charge in [0.05, 0.1) is 11.7 Å². The molecular weight excluding hydrogens is 360 g/mol. The Bertz CT molecular complexity index is 927. The Morgan fingerprint density at radius 3 is 2.34 bits per heavy atom. The molecule has 1 amide bonds. The van der Waals surface area contributed by atoms with Crippen molar-refractivity contribution in [3.63, 3.8) is 0 Å². The van der Waals surface area contributed by atoms with Gasteiger partial charge in [-0.3, -0.25) is 14.4 Å². The number of rotatable bonds is 8. The highest BCUT2D eigenvalue weighted by Crippen LogP contribution is 2.22. The third kappa shape index (κ3) is 4.93. The lowest BCUT2D eigenvalue weighted by Crippen LogP contribution is -2.38. The number of benzene rings is 2. The second-order valence-corrected chi connectivity index (χ2v) is 7.26. The molecule has 0 fully saturated rings. The summed E-state index contributed by atoms with van der Waals surface area (Å²) >= 11 is 0. The summed E-state index contributed by atoms with van der Waals surface area (Å²) in [5.41, 5.74) is 4.83. The highest BCUT2D eigenvalue weighted by molar-refractivity contribution is 5.93. The maximum absolute atomic E-state index is 12.8. The Hall–Kier alpha value is -2.92. The van der Waals surface area contributed by atoms with Crippen LogP contribution >= 0.6 is 0 Å². The molecule has 3 aromatic rings. The van der Waals surface area contributed by atoms with Gasteiger partial charge in [-0.1, -0.05) is 74.0 Å². The van der Waals surface area contributed by atoms with E-state index in [9.17, 15) is 4.79 Å². The summed E-state index contributed by atoms with van der Waals surface area (Å²) in [5, 5.41) is 7.53. The molecule has 152 valence electrons. The molecule has 1 atom stereocenters. The number of aromatic nitrogens is 2. The second kappa shape index (κ2) is 9.52. The van der Waals surface area contributed by atoms with Crippen molar-refractivity contribution in [1.29, 1.82) is 0 Å². The number of hydrogen-bond acceptors (Lipinski definition) is 3. The molecule has 0 spiro atoms. The quantitative estimate of drug-likeness (QED) is 0.627. The average molecular weight is 391 g/mol. The van der Waals surface area contributed by atoms with E-state index < -0.39 is 0 Å². The van der Waals surface area contributed by atoms with Crippen LogP contribution in [0.4, 0.5) is 0 Å². The number of amides is 1. The number of aryl methyl sites for hydroxylation is 2. The highest BCUT2D eigenvalue weighted by atomic mass is 16.1. The molecule has 1 N–H and O–H groups in total.